The smallest absolute Gasteiger partial charge is 0.119 e. The average Bonchev–Trinajstić information content (AvgIpc) is 2.84. The molecule has 0 saturated carbocycles. The summed E-state index contributed by atoms with van der Waals surface area (Å²) in [5.41, 5.74) is 2.83. The number of aliphatic hydroxyl groups is 1. The molecule has 2 unspecified atom stereocenters. The molecule has 0 radical (unpaired) electrons. The number of aryl methyl sites for hydroxylation is 1. The first-order chi connectivity index (χ1) is 9.24. The zero-order valence-corrected chi connectivity index (χ0v) is 12.0. The summed E-state index contributed by atoms with van der Waals surface area (Å²) in [5.74, 6) is 1.11. The SMILES string of the molecule is CCCNC1CCc2cc(OCC(C)CO)ccc21. The quantitative estimate of drug-likeness (QED) is 0.794. The standard InChI is InChI=1S/C16H25NO2/c1-3-8-17-16-7-4-13-9-14(5-6-15(13)16)19-11-12(2)10-18/h5-6,9,12,16-18H,3-4,7-8,10-11H2,1-2H3. The number of nitrogens with one attached hydrogen (secondary N) is 1. The molecule has 1 aliphatic carbocycles. The Kier molecular flexibility index (Phi) is 5.23. The normalized spacial score (nSPS) is 19.2. The van der Waals surface area contributed by atoms with E-state index in [1.54, 1.807) is 0 Å². The lowest BCUT2D eigenvalue weighted by Gasteiger charge is -2.14. The molecular weight excluding hydrogens is 238 g/mol. The van der Waals surface area contributed by atoms with Crippen LogP contribution < -0.4 is 10.1 Å². The Morgan fingerprint density at radius 1 is 1.47 bits per heavy atom. The fourth-order valence-electron chi connectivity index (χ4n) is 2.51. The van der Waals surface area contributed by atoms with Crippen LogP contribution in [-0.2, 0) is 6.42 Å². The minimum absolute atomic E-state index is 0.175. The molecule has 19 heavy (non-hydrogen) atoms. The molecule has 2 atom stereocenters. The molecule has 1 aromatic rings. The van der Waals surface area contributed by atoms with Crippen LogP contribution in [0.2, 0.25) is 0 Å². The number of hydrogen-bond acceptors (Lipinski definition) is 3. The molecule has 0 bridgehead atoms. The van der Waals surface area contributed by atoms with Gasteiger partial charge in [0.15, 0.2) is 0 Å². The van der Waals surface area contributed by atoms with E-state index in [-0.39, 0.29) is 12.5 Å². The van der Waals surface area contributed by atoms with Gasteiger partial charge in [-0.15, -0.1) is 0 Å². The summed E-state index contributed by atoms with van der Waals surface area (Å²) in [6.45, 7) is 6.01. The van der Waals surface area contributed by atoms with E-state index in [4.69, 9.17) is 9.84 Å². The van der Waals surface area contributed by atoms with Crippen LogP contribution in [-0.4, -0.2) is 24.9 Å². The number of rotatable bonds is 7. The van der Waals surface area contributed by atoms with E-state index < -0.39 is 0 Å². The third-order valence-corrected chi connectivity index (χ3v) is 3.68. The zero-order valence-electron chi connectivity index (χ0n) is 12.0. The maximum absolute atomic E-state index is 9.00. The lowest BCUT2D eigenvalue weighted by Crippen LogP contribution is -2.19. The molecule has 0 aromatic heterocycles. The van der Waals surface area contributed by atoms with Gasteiger partial charge in [-0.25, -0.2) is 0 Å². The molecule has 3 nitrogen and oxygen atoms in total. The van der Waals surface area contributed by atoms with E-state index in [1.807, 2.05) is 6.92 Å². The van der Waals surface area contributed by atoms with Gasteiger partial charge in [0.1, 0.15) is 5.75 Å². The Morgan fingerprint density at radius 3 is 3.05 bits per heavy atom. The van der Waals surface area contributed by atoms with Crippen molar-refractivity contribution in [2.75, 3.05) is 19.8 Å². The van der Waals surface area contributed by atoms with Crippen LogP contribution in [0.15, 0.2) is 18.2 Å². The highest BCUT2D eigenvalue weighted by atomic mass is 16.5. The number of aliphatic hydroxyl groups excluding tert-OH is 1. The van der Waals surface area contributed by atoms with Gasteiger partial charge >= 0.3 is 0 Å². The zero-order chi connectivity index (χ0) is 13.7. The second kappa shape index (κ2) is 6.92. The minimum Gasteiger partial charge on any atom is -0.493 e. The van der Waals surface area contributed by atoms with Crippen molar-refractivity contribution in [3.63, 3.8) is 0 Å². The van der Waals surface area contributed by atoms with Gasteiger partial charge in [0.25, 0.3) is 0 Å². The van der Waals surface area contributed by atoms with Crippen molar-refractivity contribution in [2.24, 2.45) is 5.92 Å². The Labute approximate surface area is 116 Å². The predicted octanol–water partition coefficient (Wildman–Crippen LogP) is 2.68. The van der Waals surface area contributed by atoms with Crippen LogP contribution in [0.5, 0.6) is 5.75 Å². The molecule has 0 spiro atoms. The first kappa shape index (κ1) is 14.4. The second-order valence-electron chi connectivity index (χ2n) is 5.50. The van der Waals surface area contributed by atoms with E-state index in [9.17, 15) is 0 Å². The van der Waals surface area contributed by atoms with Gasteiger partial charge in [-0.1, -0.05) is 19.9 Å². The van der Waals surface area contributed by atoms with Crippen molar-refractivity contribution in [3.8, 4) is 5.75 Å². The molecule has 0 aliphatic heterocycles. The van der Waals surface area contributed by atoms with Crippen molar-refractivity contribution in [2.45, 2.75) is 39.2 Å². The topological polar surface area (TPSA) is 41.5 Å². The molecule has 1 aromatic carbocycles. The van der Waals surface area contributed by atoms with Gasteiger partial charge < -0.3 is 15.2 Å². The maximum atomic E-state index is 9.00. The Bertz CT molecular complexity index is 406. The highest BCUT2D eigenvalue weighted by molar-refractivity contribution is 5.40. The number of ether oxygens (including phenoxy) is 1. The monoisotopic (exact) mass is 263 g/mol. The molecule has 1 aliphatic rings. The molecule has 2 N–H and O–H groups in total. The van der Waals surface area contributed by atoms with E-state index in [0.29, 0.717) is 12.6 Å². The maximum Gasteiger partial charge on any atom is 0.119 e. The van der Waals surface area contributed by atoms with E-state index in [1.165, 1.54) is 24.0 Å². The molecule has 0 fully saturated rings. The molecule has 2 rings (SSSR count). The molecule has 3 heteroatoms. The summed E-state index contributed by atoms with van der Waals surface area (Å²) in [5, 5.41) is 12.6. The second-order valence-corrected chi connectivity index (χ2v) is 5.50. The largest absolute Gasteiger partial charge is 0.493 e. The van der Waals surface area contributed by atoms with Crippen LogP contribution in [0.25, 0.3) is 0 Å². The predicted molar refractivity (Wildman–Crippen MR) is 77.5 cm³/mol. The molecular formula is C16H25NO2. The van der Waals surface area contributed by atoms with Crippen LogP contribution in [0.4, 0.5) is 0 Å². The van der Waals surface area contributed by atoms with Crippen molar-refractivity contribution >= 4 is 0 Å². The summed E-state index contributed by atoms with van der Waals surface area (Å²) < 4.78 is 5.72. The Morgan fingerprint density at radius 2 is 2.32 bits per heavy atom. The highest BCUT2D eigenvalue weighted by Crippen LogP contribution is 2.33. The summed E-state index contributed by atoms with van der Waals surface area (Å²) >= 11 is 0. The van der Waals surface area contributed by atoms with Crippen molar-refractivity contribution in [3.05, 3.63) is 29.3 Å². The van der Waals surface area contributed by atoms with Crippen LogP contribution >= 0.6 is 0 Å². The minimum atomic E-state index is 0.175. The fourth-order valence-corrected chi connectivity index (χ4v) is 2.51. The van der Waals surface area contributed by atoms with Gasteiger partial charge in [-0.3, -0.25) is 0 Å². The molecule has 106 valence electrons. The summed E-state index contributed by atoms with van der Waals surface area (Å²) in [6.07, 6.45) is 3.49. The van der Waals surface area contributed by atoms with Gasteiger partial charge in [0, 0.05) is 18.6 Å². The van der Waals surface area contributed by atoms with Gasteiger partial charge in [-0.2, -0.15) is 0 Å². The Balaban J connectivity index is 1.97. The van der Waals surface area contributed by atoms with E-state index in [2.05, 4.69) is 30.4 Å². The third-order valence-electron chi connectivity index (χ3n) is 3.68. The average molecular weight is 263 g/mol. The molecule has 0 saturated heterocycles. The van der Waals surface area contributed by atoms with E-state index in [0.717, 1.165) is 18.7 Å². The Hall–Kier alpha value is -1.06. The van der Waals surface area contributed by atoms with Crippen LogP contribution in [0.1, 0.15) is 43.9 Å². The van der Waals surface area contributed by atoms with Crippen molar-refractivity contribution in [1.82, 2.24) is 5.32 Å². The number of fused-ring (bicyclic) bond motifs is 1. The van der Waals surface area contributed by atoms with Gasteiger partial charge in [0.2, 0.25) is 0 Å². The molecule has 0 amide bonds. The van der Waals surface area contributed by atoms with Gasteiger partial charge in [-0.05, 0) is 49.1 Å². The van der Waals surface area contributed by atoms with Crippen LogP contribution in [0.3, 0.4) is 0 Å². The number of benzene rings is 1. The number of hydrogen-bond donors (Lipinski definition) is 2. The summed E-state index contributed by atoms with van der Waals surface area (Å²) in [6, 6.07) is 6.91. The highest BCUT2D eigenvalue weighted by Gasteiger charge is 2.22. The summed E-state index contributed by atoms with van der Waals surface area (Å²) in [7, 11) is 0. The first-order valence-corrected chi connectivity index (χ1v) is 7.34. The van der Waals surface area contributed by atoms with Crippen LogP contribution in [0, 0.1) is 5.92 Å². The first-order valence-electron chi connectivity index (χ1n) is 7.34. The van der Waals surface area contributed by atoms with Gasteiger partial charge in [0.05, 0.1) is 6.61 Å². The lowest BCUT2D eigenvalue weighted by molar-refractivity contribution is 0.174. The van der Waals surface area contributed by atoms with E-state index >= 15 is 0 Å². The molecule has 0 heterocycles. The van der Waals surface area contributed by atoms with Crippen molar-refractivity contribution < 1.29 is 9.84 Å². The fraction of sp³-hybridized carbons (Fsp3) is 0.625. The summed E-state index contributed by atoms with van der Waals surface area (Å²) in [4.78, 5) is 0. The van der Waals surface area contributed by atoms with Crippen molar-refractivity contribution in [1.29, 1.82) is 0 Å². The lowest BCUT2D eigenvalue weighted by atomic mass is 10.1. The third kappa shape index (κ3) is 3.71.